The summed E-state index contributed by atoms with van der Waals surface area (Å²) in [6.07, 6.45) is 4.80. The summed E-state index contributed by atoms with van der Waals surface area (Å²) in [5, 5.41) is 0. The molecule has 2 aromatic rings. The smallest absolute Gasteiger partial charge is 0.239 e. The molecule has 3 nitrogen and oxygen atoms in total. The topological polar surface area (TPSA) is 34.9 Å². The molecule has 0 spiro atoms. The molecule has 1 aromatic heterocycles. The molecule has 0 saturated carbocycles. The van der Waals surface area contributed by atoms with Crippen molar-refractivity contribution in [3.63, 3.8) is 0 Å². The standard InChI is InChI=1S/C12H12N2O/c1-10(11-5-3-2-4-6-11)12(15)14-8-7-13-9-14/h2-10H,1H3/t10-/m1/s1. The van der Waals surface area contributed by atoms with Gasteiger partial charge in [0.2, 0.25) is 5.91 Å². The van der Waals surface area contributed by atoms with E-state index in [1.807, 2.05) is 37.3 Å². The normalized spacial score (nSPS) is 12.3. The van der Waals surface area contributed by atoms with E-state index in [0.29, 0.717) is 0 Å². The Morgan fingerprint density at radius 3 is 2.67 bits per heavy atom. The maximum absolute atomic E-state index is 11.9. The first-order valence-electron chi connectivity index (χ1n) is 4.86. The highest BCUT2D eigenvalue weighted by molar-refractivity contribution is 5.85. The molecule has 0 N–H and O–H groups in total. The first-order chi connectivity index (χ1) is 7.29. The molecule has 1 heterocycles. The quantitative estimate of drug-likeness (QED) is 0.745. The molecule has 3 heteroatoms. The molecular weight excluding hydrogens is 188 g/mol. The molecule has 0 fully saturated rings. The van der Waals surface area contributed by atoms with Gasteiger partial charge >= 0.3 is 0 Å². The molecular formula is C12H12N2O. The molecule has 0 aliphatic heterocycles. The fourth-order valence-corrected chi connectivity index (χ4v) is 1.50. The highest BCUT2D eigenvalue weighted by atomic mass is 16.2. The van der Waals surface area contributed by atoms with Gasteiger partial charge in [-0.25, -0.2) is 4.98 Å². The minimum Gasteiger partial charge on any atom is -0.276 e. The third-order valence-electron chi connectivity index (χ3n) is 2.43. The van der Waals surface area contributed by atoms with E-state index in [2.05, 4.69) is 4.98 Å². The maximum Gasteiger partial charge on any atom is 0.239 e. The number of nitrogens with zero attached hydrogens (tertiary/aromatic N) is 2. The zero-order chi connectivity index (χ0) is 10.7. The largest absolute Gasteiger partial charge is 0.276 e. The molecule has 1 atom stereocenters. The average Bonchev–Trinajstić information content (AvgIpc) is 2.82. The summed E-state index contributed by atoms with van der Waals surface area (Å²) in [6, 6.07) is 9.73. The first-order valence-corrected chi connectivity index (χ1v) is 4.86. The number of imidazole rings is 1. The lowest BCUT2D eigenvalue weighted by molar-refractivity contribution is 0.0884. The van der Waals surface area contributed by atoms with Crippen LogP contribution in [0.25, 0.3) is 0 Å². The van der Waals surface area contributed by atoms with Gasteiger partial charge in [0, 0.05) is 12.4 Å². The zero-order valence-corrected chi connectivity index (χ0v) is 8.50. The Balaban J connectivity index is 2.23. The van der Waals surface area contributed by atoms with Crippen molar-refractivity contribution in [3.05, 3.63) is 54.6 Å². The van der Waals surface area contributed by atoms with Crippen LogP contribution in [0.1, 0.15) is 23.2 Å². The number of hydrogen-bond acceptors (Lipinski definition) is 2. The number of carbonyl (C=O) groups excluding carboxylic acids is 1. The van der Waals surface area contributed by atoms with Crippen LogP contribution in [0.4, 0.5) is 0 Å². The molecule has 0 radical (unpaired) electrons. The lowest BCUT2D eigenvalue weighted by Crippen LogP contribution is -2.16. The Bertz CT molecular complexity index is 434. The van der Waals surface area contributed by atoms with Gasteiger partial charge in [0.25, 0.3) is 0 Å². The van der Waals surface area contributed by atoms with Crippen LogP contribution in [0.3, 0.4) is 0 Å². The van der Waals surface area contributed by atoms with Crippen molar-refractivity contribution in [2.24, 2.45) is 0 Å². The second-order valence-corrected chi connectivity index (χ2v) is 3.44. The van der Waals surface area contributed by atoms with E-state index in [0.717, 1.165) is 5.56 Å². The Morgan fingerprint density at radius 2 is 2.07 bits per heavy atom. The van der Waals surface area contributed by atoms with Gasteiger partial charge in [0.1, 0.15) is 6.33 Å². The highest BCUT2D eigenvalue weighted by Gasteiger charge is 2.15. The van der Waals surface area contributed by atoms with Crippen molar-refractivity contribution in [1.29, 1.82) is 0 Å². The van der Waals surface area contributed by atoms with E-state index in [1.165, 1.54) is 10.9 Å². The van der Waals surface area contributed by atoms with Crippen LogP contribution in [-0.4, -0.2) is 15.5 Å². The van der Waals surface area contributed by atoms with Crippen LogP contribution in [0.15, 0.2) is 49.1 Å². The predicted octanol–water partition coefficient (Wildman–Crippen LogP) is 2.33. The van der Waals surface area contributed by atoms with Crippen LogP contribution in [0.2, 0.25) is 0 Å². The number of carbonyl (C=O) groups is 1. The Labute approximate surface area is 88.4 Å². The molecule has 0 aliphatic rings. The third-order valence-corrected chi connectivity index (χ3v) is 2.43. The Morgan fingerprint density at radius 1 is 1.33 bits per heavy atom. The van der Waals surface area contributed by atoms with Gasteiger partial charge in [-0.05, 0) is 12.5 Å². The molecule has 0 saturated heterocycles. The highest BCUT2D eigenvalue weighted by Crippen LogP contribution is 2.16. The summed E-state index contributed by atoms with van der Waals surface area (Å²) in [5.41, 5.74) is 1.02. The summed E-state index contributed by atoms with van der Waals surface area (Å²) < 4.78 is 1.51. The second kappa shape index (κ2) is 4.09. The molecule has 0 bridgehead atoms. The molecule has 76 valence electrons. The van der Waals surface area contributed by atoms with Crippen LogP contribution < -0.4 is 0 Å². The summed E-state index contributed by atoms with van der Waals surface area (Å²) in [5.74, 6) is -0.0981. The molecule has 15 heavy (non-hydrogen) atoms. The monoisotopic (exact) mass is 200 g/mol. The van der Waals surface area contributed by atoms with Crippen molar-refractivity contribution in [3.8, 4) is 0 Å². The molecule has 1 aromatic carbocycles. The lowest BCUT2D eigenvalue weighted by atomic mass is 10.0. The third kappa shape index (κ3) is 1.96. The van der Waals surface area contributed by atoms with Gasteiger partial charge in [-0.15, -0.1) is 0 Å². The molecule has 0 aliphatic carbocycles. The van der Waals surface area contributed by atoms with Crippen LogP contribution in [0.5, 0.6) is 0 Å². The SMILES string of the molecule is C[C@@H](C(=O)n1ccnc1)c1ccccc1. The second-order valence-electron chi connectivity index (χ2n) is 3.44. The summed E-state index contributed by atoms with van der Waals surface area (Å²) in [7, 11) is 0. The van der Waals surface area contributed by atoms with Crippen molar-refractivity contribution in [2.75, 3.05) is 0 Å². The number of hydrogen-bond donors (Lipinski definition) is 0. The number of aromatic nitrogens is 2. The van der Waals surface area contributed by atoms with Gasteiger partial charge in [0.05, 0.1) is 5.92 Å². The number of benzene rings is 1. The minimum absolute atomic E-state index is 0.0405. The van der Waals surface area contributed by atoms with Crippen LogP contribution in [0, 0.1) is 0 Å². The van der Waals surface area contributed by atoms with Crippen molar-refractivity contribution < 1.29 is 4.79 Å². The van der Waals surface area contributed by atoms with Gasteiger partial charge in [-0.1, -0.05) is 30.3 Å². The summed E-state index contributed by atoms with van der Waals surface area (Å²) in [6.45, 7) is 1.90. The van der Waals surface area contributed by atoms with Gasteiger partial charge in [0.15, 0.2) is 0 Å². The van der Waals surface area contributed by atoms with Crippen LogP contribution in [-0.2, 0) is 0 Å². The molecule has 0 amide bonds. The van der Waals surface area contributed by atoms with Crippen molar-refractivity contribution in [2.45, 2.75) is 12.8 Å². The zero-order valence-electron chi connectivity index (χ0n) is 8.50. The van der Waals surface area contributed by atoms with E-state index in [9.17, 15) is 4.79 Å². The van der Waals surface area contributed by atoms with E-state index in [-0.39, 0.29) is 11.8 Å². The summed E-state index contributed by atoms with van der Waals surface area (Å²) in [4.78, 5) is 15.8. The minimum atomic E-state index is -0.139. The fraction of sp³-hybridized carbons (Fsp3) is 0.167. The van der Waals surface area contributed by atoms with Gasteiger partial charge < -0.3 is 0 Å². The van der Waals surface area contributed by atoms with E-state index < -0.39 is 0 Å². The maximum atomic E-state index is 11.9. The average molecular weight is 200 g/mol. The van der Waals surface area contributed by atoms with E-state index in [1.54, 1.807) is 12.4 Å². The Hall–Kier alpha value is -1.90. The first kappa shape index (κ1) is 9.65. The van der Waals surface area contributed by atoms with Crippen molar-refractivity contribution in [1.82, 2.24) is 9.55 Å². The molecule has 2 rings (SSSR count). The predicted molar refractivity (Wildman–Crippen MR) is 57.7 cm³/mol. The fourth-order valence-electron chi connectivity index (χ4n) is 1.50. The molecule has 0 unspecified atom stereocenters. The van der Waals surface area contributed by atoms with Gasteiger partial charge in [-0.3, -0.25) is 9.36 Å². The Kier molecular flexibility index (Phi) is 2.63. The lowest BCUT2D eigenvalue weighted by Gasteiger charge is -2.10. The summed E-state index contributed by atoms with van der Waals surface area (Å²) >= 11 is 0. The van der Waals surface area contributed by atoms with E-state index >= 15 is 0 Å². The van der Waals surface area contributed by atoms with Gasteiger partial charge in [-0.2, -0.15) is 0 Å². The van der Waals surface area contributed by atoms with E-state index in [4.69, 9.17) is 0 Å². The number of rotatable bonds is 2. The van der Waals surface area contributed by atoms with Crippen LogP contribution >= 0.6 is 0 Å². The van der Waals surface area contributed by atoms with Crippen molar-refractivity contribution >= 4 is 5.91 Å².